The number of nitrogen functional groups attached to an aromatic ring is 1. The summed E-state index contributed by atoms with van der Waals surface area (Å²) < 4.78 is 0.731. The van der Waals surface area contributed by atoms with Crippen LogP contribution < -0.4 is 10.6 Å². The molecule has 0 amide bonds. The summed E-state index contributed by atoms with van der Waals surface area (Å²) in [5, 5.41) is 0.177. The van der Waals surface area contributed by atoms with E-state index in [-0.39, 0.29) is 5.28 Å². The number of rotatable bonds is 2. The van der Waals surface area contributed by atoms with Crippen molar-refractivity contribution in [3.05, 3.63) is 28.2 Å². The van der Waals surface area contributed by atoms with Crippen LogP contribution in [-0.4, -0.2) is 29.0 Å². The Balaban J connectivity index is 2.64. The van der Waals surface area contributed by atoms with Gasteiger partial charge in [-0.05, 0) is 33.6 Å². The maximum atomic E-state index is 6.11. The predicted molar refractivity (Wildman–Crippen MR) is 76.7 cm³/mol. The van der Waals surface area contributed by atoms with Crippen LogP contribution >= 0.6 is 27.5 Å². The molecular formula is C11H11BrClN5. The number of nitrogens with two attached hydrogens (primary N) is 1. The topological polar surface area (TPSA) is 67.9 Å². The SMILES string of the molecule is CN(C)c1nccc(-c2nc(Cl)ncc2Br)c1N. The Labute approximate surface area is 118 Å². The second-order valence-electron chi connectivity index (χ2n) is 3.83. The van der Waals surface area contributed by atoms with Crippen LogP contribution in [0, 0.1) is 0 Å². The molecule has 2 aromatic heterocycles. The standard InChI is InChI=1S/C11H11BrClN5/c1-18(2)10-8(14)6(3-4-15-10)9-7(12)5-16-11(13)17-9/h3-5H,14H2,1-2H3. The fraction of sp³-hybridized carbons (Fsp3) is 0.182. The van der Waals surface area contributed by atoms with Crippen molar-refractivity contribution in [1.29, 1.82) is 0 Å². The summed E-state index contributed by atoms with van der Waals surface area (Å²) in [5.74, 6) is 0.689. The van der Waals surface area contributed by atoms with E-state index >= 15 is 0 Å². The van der Waals surface area contributed by atoms with Crippen molar-refractivity contribution in [2.24, 2.45) is 0 Å². The van der Waals surface area contributed by atoms with Crippen molar-refractivity contribution in [1.82, 2.24) is 15.0 Å². The van der Waals surface area contributed by atoms with Gasteiger partial charge in [-0.1, -0.05) is 0 Å². The van der Waals surface area contributed by atoms with Crippen LogP contribution in [0.5, 0.6) is 0 Å². The summed E-state index contributed by atoms with van der Waals surface area (Å²) in [6.45, 7) is 0. The lowest BCUT2D eigenvalue weighted by atomic mass is 10.1. The zero-order chi connectivity index (χ0) is 13.3. The van der Waals surface area contributed by atoms with Crippen molar-refractivity contribution >= 4 is 39.0 Å². The Morgan fingerprint density at radius 2 is 2.06 bits per heavy atom. The Hall–Kier alpha value is -1.40. The monoisotopic (exact) mass is 327 g/mol. The Bertz CT molecular complexity index is 588. The van der Waals surface area contributed by atoms with Gasteiger partial charge in [0.15, 0.2) is 5.82 Å². The van der Waals surface area contributed by atoms with Gasteiger partial charge in [0.2, 0.25) is 5.28 Å². The molecule has 0 unspecified atom stereocenters. The highest BCUT2D eigenvalue weighted by Crippen LogP contribution is 2.34. The summed E-state index contributed by atoms with van der Waals surface area (Å²) in [6.07, 6.45) is 3.28. The summed E-state index contributed by atoms with van der Waals surface area (Å²) in [4.78, 5) is 14.1. The molecule has 5 nitrogen and oxygen atoms in total. The third-order valence-electron chi connectivity index (χ3n) is 2.36. The molecule has 2 aromatic rings. The Morgan fingerprint density at radius 3 is 2.72 bits per heavy atom. The van der Waals surface area contributed by atoms with Crippen LogP contribution in [0.3, 0.4) is 0 Å². The van der Waals surface area contributed by atoms with E-state index in [2.05, 4.69) is 30.9 Å². The highest BCUT2D eigenvalue weighted by Gasteiger charge is 2.14. The number of nitrogens with zero attached hydrogens (tertiary/aromatic N) is 4. The zero-order valence-electron chi connectivity index (χ0n) is 9.85. The van der Waals surface area contributed by atoms with Crippen LogP contribution in [0.25, 0.3) is 11.3 Å². The second-order valence-corrected chi connectivity index (χ2v) is 5.02. The molecule has 0 aliphatic carbocycles. The van der Waals surface area contributed by atoms with E-state index < -0.39 is 0 Å². The Morgan fingerprint density at radius 1 is 1.33 bits per heavy atom. The summed E-state index contributed by atoms with van der Waals surface area (Å²) in [6, 6.07) is 1.80. The maximum absolute atomic E-state index is 6.11. The summed E-state index contributed by atoms with van der Waals surface area (Å²) >= 11 is 9.20. The quantitative estimate of drug-likeness (QED) is 0.858. The highest BCUT2D eigenvalue weighted by atomic mass is 79.9. The fourth-order valence-electron chi connectivity index (χ4n) is 1.56. The number of aromatic nitrogens is 3. The molecule has 0 bridgehead atoms. The second kappa shape index (κ2) is 5.07. The van der Waals surface area contributed by atoms with Crippen molar-refractivity contribution in [2.45, 2.75) is 0 Å². The molecule has 0 spiro atoms. The summed E-state index contributed by atoms with van der Waals surface area (Å²) in [7, 11) is 3.76. The van der Waals surface area contributed by atoms with Crippen molar-refractivity contribution < 1.29 is 0 Å². The molecule has 2 N–H and O–H groups in total. The lowest BCUT2D eigenvalue weighted by Crippen LogP contribution is -2.13. The number of pyridine rings is 1. The first-order valence-electron chi connectivity index (χ1n) is 5.11. The van der Waals surface area contributed by atoms with Crippen molar-refractivity contribution in [3.8, 4) is 11.3 Å². The van der Waals surface area contributed by atoms with E-state index in [1.807, 2.05) is 19.0 Å². The molecule has 0 atom stereocenters. The zero-order valence-corrected chi connectivity index (χ0v) is 12.2. The number of hydrogen-bond acceptors (Lipinski definition) is 5. The van der Waals surface area contributed by atoms with E-state index in [0.29, 0.717) is 17.2 Å². The van der Waals surface area contributed by atoms with E-state index in [0.717, 1.165) is 10.0 Å². The van der Waals surface area contributed by atoms with E-state index in [4.69, 9.17) is 17.3 Å². The van der Waals surface area contributed by atoms with Gasteiger partial charge in [-0.3, -0.25) is 0 Å². The maximum Gasteiger partial charge on any atom is 0.222 e. The van der Waals surface area contributed by atoms with Gasteiger partial charge in [0.25, 0.3) is 0 Å². The van der Waals surface area contributed by atoms with Gasteiger partial charge >= 0.3 is 0 Å². The molecule has 0 radical (unpaired) electrons. The lowest BCUT2D eigenvalue weighted by molar-refractivity contribution is 1.07. The highest BCUT2D eigenvalue weighted by molar-refractivity contribution is 9.10. The van der Waals surface area contributed by atoms with Crippen LogP contribution in [0.4, 0.5) is 11.5 Å². The molecule has 0 aromatic carbocycles. The minimum Gasteiger partial charge on any atom is -0.395 e. The van der Waals surface area contributed by atoms with Crippen molar-refractivity contribution in [3.63, 3.8) is 0 Å². The predicted octanol–water partition coefficient (Wildman–Crippen LogP) is 2.60. The molecular weight excluding hydrogens is 318 g/mol. The fourth-order valence-corrected chi connectivity index (χ4v) is 2.10. The third kappa shape index (κ3) is 2.39. The number of anilines is 2. The van der Waals surface area contributed by atoms with E-state index in [9.17, 15) is 0 Å². The normalized spacial score (nSPS) is 10.4. The van der Waals surface area contributed by atoms with Gasteiger partial charge in [0.1, 0.15) is 0 Å². The van der Waals surface area contributed by atoms with Gasteiger partial charge < -0.3 is 10.6 Å². The van der Waals surface area contributed by atoms with Gasteiger partial charge in [-0.2, -0.15) is 0 Å². The smallest absolute Gasteiger partial charge is 0.222 e. The molecule has 0 aliphatic rings. The van der Waals surface area contributed by atoms with E-state index in [1.165, 1.54) is 0 Å². The Kier molecular flexibility index (Phi) is 3.68. The van der Waals surface area contributed by atoms with Crippen molar-refractivity contribution in [2.75, 3.05) is 24.7 Å². The molecule has 94 valence electrons. The molecule has 18 heavy (non-hydrogen) atoms. The van der Waals surface area contributed by atoms with Crippen LogP contribution in [-0.2, 0) is 0 Å². The summed E-state index contributed by atoms with van der Waals surface area (Å²) in [5.41, 5.74) is 8.08. The molecule has 0 fully saturated rings. The first-order valence-corrected chi connectivity index (χ1v) is 6.28. The van der Waals surface area contributed by atoms with Gasteiger partial charge in [-0.25, -0.2) is 15.0 Å². The minimum atomic E-state index is 0.177. The molecule has 0 aliphatic heterocycles. The molecule has 7 heteroatoms. The number of hydrogen-bond donors (Lipinski definition) is 1. The average molecular weight is 329 g/mol. The van der Waals surface area contributed by atoms with Crippen LogP contribution in [0.15, 0.2) is 22.9 Å². The molecule has 0 saturated heterocycles. The van der Waals surface area contributed by atoms with Gasteiger partial charge in [0, 0.05) is 32.1 Å². The largest absolute Gasteiger partial charge is 0.395 e. The van der Waals surface area contributed by atoms with Crippen LogP contribution in [0.2, 0.25) is 5.28 Å². The number of halogens is 2. The third-order valence-corrected chi connectivity index (χ3v) is 3.12. The first-order chi connectivity index (χ1) is 8.50. The van der Waals surface area contributed by atoms with Gasteiger partial charge in [-0.15, -0.1) is 0 Å². The van der Waals surface area contributed by atoms with E-state index in [1.54, 1.807) is 18.5 Å². The molecule has 2 rings (SSSR count). The molecule has 0 saturated carbocycles. The minimum absolute atomic E-state index is 0.177. The first kappa shape index (κ1) is 13.0. The average Bonchev–Trinajstić information content (AvgIpc) is 2.32. The molecule has 2 heterocycles. The van der Waals surface area contributed by atoms with Gasteiger partial charge in [0.05, 0.1) is 15.9 Å². The van der Waals surface area contributed by atoms with Crippen LogP contribution in [0.1, 0.15) is 0 Å². The lowest BCUT2D eigenvalue weighted by Gasteiger charge is -2.16.